The highest BCUT2D eigenvalue weighted by Gasteiger charge is 2.48. The maximum absolute atomic E-state index is 12.4. The molecule has 1 heterocycles. The quantitative estimate of drug-likeness (QED) is 0.599. The first-order valence-electron chi connectivity index (χ1n) is 5.16. The Hall–Kier alpha value is -1.80. The van der Waals surface area contributed by atoms with E-state index < -0.39 is 29.9 Å². The molecule has 1 unspecified atom stereocenters. The predicted octanol–water partition coefficient (Wildman–Crippen LogP) is -0.988. The van der Waals surface area contributed by atoms with Crippen molar-refractivity contribution in [1.82, 2.24) is 15.5 Å². The lowest BCUT2D eigenvalue weighted by Gasteiger charge is -2.27. The number of hydrogen-bond donors (Lipinski definition) is 2. The Kier molecular flexibility index (Phi) is 4.15. The van der Waals surface area contributed by atoms with Gasteiger partial charge in [-0.25, -0.2) is 0 Å². The number of rotatable bonds is 1. The van der Waals surface area contributed by atoms with Gasteiger partial charge in [0, 0.05) is 20.1 Å². The van der Waals surface area contributed by atoms with Crippen molar-refractivity contribution in [3.63, 3.8) is 0 Å². The van der Waals surface area contributed by atoms with Crippen LogP contribution in [0.2, 0.25) is 0 Å². The molecule has 6 nitrogen and oxygen atoms in total. The molecule has 102 valence electrons. The summed E-state index contributed by atoms with van der Waals surface area (Å²) in [7, 11) is 1.18. The highest BCUT2D eigenvalue weighted by atomic mass is 19.4. The fourth-order valence-electron chi connectivity index (χ4n) is 1.61. The van der Waals surface area contributed by atoms with Gasteiger partial charge in [0.25, 0.3) is 11.8 Å². The Morgan fingerprint density at radius 3 is 2.56 bits per heavy atom. The molecule has 1 rings (SSSR count). The predicted molar refractivity (Wildman–Crippen MR) is 53.2 cm³/mol. The summed E-state index contributed by atoms with van der Waals surface area (Å²) >= 11 is 0. The van der Waals surface area contributed by atoms with E-state index in [1.165, 1.54) is 7.05 Å². The van der Waals surface area contributed by atoms with Crippen LogP contribution in [0, 0.1) is 0 Å². The zero-order valence-corrected chi connectivity index (χ0v) is 9.50. The standard InChI is InChI=1S/C9H12F3N3O3/c1-13-6(16)5-7(17)14-3-2-4-15(5)8(18)9(10,11)12/h5H,2-4H2,1H3,(H,13,16)(H,14,17). The van der Waals surface area contributed by atoms with Crippen molar-refractivity contribution in [1.29, 1.82) is 0 Å². The Morgan fingerprint density at radius 2 is 2.06 bits per heavy atom. The van der Waals surface area contributed by atoms with E-state index in [0.29, 0.717) is 0 Å². The van der Waals surface area contributed by atoms with Crippen LogP contribution in [0.25, 0.3) is 0 Å². The Morgan fingerprint density at radius 1 is 1.44 bits per heavy atom. The topological polar surface area (TPSA) is 78.5 Å². The molecule has 0 spiro atoms. The third-order valence-electron chi connectivity index (χ3n) is 2.43. The molecule has 3 amide bonds. The van der Waals surface area contributed by atoms with Gasteiger partial charge in [-0.3, -0.25) is 14.4 Å². The Labute approximate surface area is 100 Å². The van der Waals surface area contributed by atoms with Gasteiger partial charge in [-0.1, -0.05) is 0 Å². The van der Waals surface area contributed by atoms with Crippen LogP contribution < -0.4 is 10.6 Å². The third kappa shape index (κ3) is 2.90. The van der Waals surface area contributed by atoms with Crippen LogP contribution in [0.15, 0.2) is 0 Å². The number of amides is 3. The molecule has 0 aromatic carbocycles. The molecule has 0 aromatic heterocycles. The average molecular weight is 267 g/mol. The summed E-state index contributed by atoms with van der Waals surface area (Å²) in [6.45, 7) is -0.191. The first-order valence-corrected chi connectivity index (χ1v) is 5.16. The summed E-state index contributed by atoms with van der Waals surface area (Å²) in [4.78, 5) is 34.4. The van der Waals surface area contributed by atoms with E-state index in [1.807, 2.05) is 0 Å². The van der Waals surface area contributed by atoms with Crippen molar-refractivity contribution in [3.05, 3.63) is 0 Å². The first kappa shape index (κ1) is 14.3. The molecule has 1 atom stereocenters. The van der Waals surface area contributed by atoms with Gasteiger partial charge >= 0.3 is 12.1 Å². The van der Waals surface area contributed by atoms with Gasteiger partial charge in [0.2, 0.25) is 0 Å². The number of carbonyl (C=O) groups excluding carboxylic acids is 3. The molecule has 0 saturated carbocycles. The van der Waals surface area contributed by atoms with Crippen molar-refractivity contribution >= 4 is 17.7 Å². The number of likely N-dealkylation sites (N-methyl/N-ethyl adjacent to an activating group) is 1. The second kappa shape index (κ2) is 5.23. The number of carbonyl (C=O) groups is 3. The third-order valence-corrected chi connectivity index (χ3v) is 2.43. The maximum Gasteiger partial charge on any atom is 0.471 e. The Balaban J connectivity index is 3.06. The number of halogens is 3. The van der Waals surface area contributed by atoms with Crippen molar-refractivity contribution < 1.29 is 27.6 Å². The molecule has 18 heavy (non-hydrogen) atoms. The normalized spacial score (nSPS) is 21.0. The van der Waals surface area contributed by atoms with Gasteiger partial charge in [-0.2, -0.15) is 13.2 Å². The van der Waals surface area contributed by atoms with Crippen molar-refractivity contribution in [2.24, 2.45) is 0 Å². The molecular formula is C9H12F3N3O3. The molecule has 2 N–H and O–H groups in total. The number of hydrogen-bond acceptors (Lipinski definition) is 3. The van der Waals surface area contributed by atoms with Crippen LogP contribution in [0.4, 0.5) is 13.2 Å². The van der Waals surface area contributed by atoms with E-state index in [9.17, 15) is 27.6 Å². The second-order valence-electron chi connectivity index (χ2n) is 3.66. The lowest BCUT2D eigenvalue weighted by molar-refractivity contribution is -0.188. The molecule has 0 radical (unpaired) electrons. The molecule has 9 heteroatoms. The molecule has 0 aliphatic carbocycles. The molecule has 1 saturated heterocycles. The molecule has 1 aliphatic heterocycles. The summed E-state index contributed by atoms with van der Waals surface area (Å²) in [5.41, 5.74) is 0. The minimum absolute atomic E-state index is 0.119. The minimum Gasteiger partial charge on any atom is -0.357 e. The van der Waals surface area contributed by atoms with Crippen molar-refractivity contribution in [3.8, 4) is 0 Å². The van der Waals surface area contributed by atoms with Crippen LogP contribution in [0.1, 0.15) is 6.42 Å². The van der Waals surface area contributed by atoms with Gasteiger partial charge in [-0.15, -0.1) is 0 Å². The van der Waals surface area contributed by atoms with Gasteiger partial charge in [0.1, 0.15) is 0 Å². The highest BCUT2D eigenvalue weighted by molar-refractivity contribution is 6.07. The zero-order valence-electron chi connectivity index (χ0n) is 9.50. The van der Waals surface area contributed by atoms with Crippen LogP contribution in [-0.2, 0) is 14.4 Å². The lowest BCUT2D eigenvalue weighted by atomic mass is 10.2. The minimum atomic E-state index is -5.11. The van der Waals surface area contributed by atoms with E-state index in [-0.39, 0.29) is 24.4 Å². The van der Waals surface area contributed by atoms with E-state index >= 15 is 0 Å². The molecule has 1 aliphatic rings. The van der Waals surface area contributed by atoms with Crippen LogP contribution >= 0.6 is 0 Å². The van der Waals surface area contributed by atoms with Gasteiger partial charge in [0.15, 0.2) is 6.04 Å². The van der Waals surface area contributed by atoms with E-state index in [4.69, 9.17) is 0 Å². The lowest BCUT2D eigenvalue weighted by Crippen LogP contribution is -2.57. The number of nitrogens with one attached hydrogen (secondary N) is 2. The second-order valence-corrected chi connectivity index (χ2v) is 3.66. The molecule has 0 aromatic rings. The van der Waals surface area contributed by atoms with Crippen molar-refractivity contribution in [2.45, 2.75) is 18.6 Å². The van der Waals surface area contributed by atoms with Gasteiger partial charge in [0.05, 0.1) is 0 Å². The first-order chi connectivity index (χ1) is 8.29. The summed E-state index contributed by atoms with van der Waals surface area (Å²) < 4.78 is 37.1. The smallest absolute Gasteiger partial charge is 0.357 e. The molecular weight excluding hydrogens is 255 g/mol. The number of nitrogens with zero attached hydrogens (tertiary/aromatic N) is 1. The zero-order chi connectivity index (χ0) is 13.9. The fourth-order valence-corrected chi connectivity index (χ4v) is 1.61. The SMILES string of the molecule is CNC(=O)C1C(=O)NCCCN1C(=O)C(F)(F)F. The summed E-state index contributed by atoms with van der Waals surface area (Å²) in [6, 6.07) is -1.79. The summed E-state index contributed by atoms with van der Waals surface area (Å²) in [5, 5.41) is 4.35. The Bertz CT molecular complexity index is 370. The highest BCUT2D eigenvalue weighted by Crippen LogP contribution is 2.21. The van der Waals surface area contributed by atoms with E-state index in [2.05, 4.69) is 10.6 Å². The maximum atomic E-state index is 12.4. The van der Waals surface area contributed by atoms with Gasteiger partial charge < -0.3 is 15.5 Å². The van der Waals surface area contributed by atoms with Gasteiger partial charge in [-0.05, 0) is 6.42 Å². The average Bonchev–Trinajstić information content (AvgIpc) is 2.47. The van der Waals surface area contributed by atoms with Crippen molar-refractivity contribution in [2.75, 3.05) is 20.1 Å². The molecule has 0 bridgehead atoms. The van der Waals surface area contributed by atoms with Crippen LogP contribution in [0.5, 0.6) is 0 Å². The summed E-state index contributed by atoms with van der Waals surface area (Å²) in [6.07, 6.45) is -4.96. The summed E-state index contributed by atoms with van der Waals surface area (Å²) in [5.74, 6) is -4.05. The van der Waals surface area contributed by atoms with Crippen LogP contribution in [-0.4, -0.2) is 55.0 Å². The fraction of sp³-hybridized carbons (Fsp3) is 0.667. The monoisotopic (exact) mass is 267 g/mol. The molecule has 1 fully saturated rings. The van der Waals surface area contributed by atoms with E-state index in [1.54, 1.807) is 0 Å². The largest absolute Gasteiger partial charge is 0.471 e. The van der Waals surface area contributed by atoms with Crippen LogP contribution in [0.3, 0.4) is 0 Å². The number of alkyl halides is 3. The van der Waals surface area contributed by atoms with E-state index in [0.717, 1.165) is 0 Å².